The maximum absolute atomic E-state index is 13.2. The van der Waals surface area contributed by atoms with E-state index in [1.165, 1.54) is 12.1 Å². The number of ether oxygens (including phenoxy) is 1. The average Bonchev–Trinajstić information content (AvgIpc) is 2.67. The van der Waals surface area contributed by atoms with Crippen LogP contribution in [-0.2, 0) is 14.8 Å². The molecule has 0 aliphatic carbocycles. The number of nitrogens with one attached hydrogen (secondary N) is 1. The van der Waals surface area contributed by atoms with E-state index in [4.69, 9.17) is 4.74 Å². The highest BCUT2D eigenvalue weighted by atomic mass is 32.2. The third-order valence-electron chi connectivity index (χ3n) is 4.14. The summed E-state index contributed by atoms with van der Waals surface area (Å²) in [4.78, 5) is 12.3. The highest BCUT2D eigenvalue weighted by Gasteiger charge is 2.27. The third-order valence-corrected chi connectivity index (χ3v) is 5.93. The van der Waals surface area contributed by atoms with E-state index in [1.54, 1.807) is 24.3 Å². The fourth-order valence-electron chi connectivity index (χ4n) is 2.48. The number of carbonyl (C=O) groups is 1. The Morgan fingerprint density at radius 2 is 1.71 bits per heavy atom. The molecular weight excluding hydrogens is 383 g/mol. The molecule has 1 atom stereocenters. The van der Waals surface area contributed by atoms with E-state index in [1.807, 2.05) is 20.8 Å². The molecule has 2 rings (SSSR count). The zero-order valence-electron chi connectivity index (χ0n) is 16.2. The van der Waals surface area contributed by atoms with Crippen LogP contribution in [0.15, 0.2) is 53.4 Å². The van der Waals surface area contributed by atoms with Gasteiger partial charge < -0.3 is 10.1 Å². The number of rotatable bonds is 9. The summed E-state index contributed by atoms with van der Waals surface area (Å²) in [5, 5.41) is 2.76. The Balaban J connectivity index is 2.40. The summed E-state index contributed by atoms with van der Waals surface area (Å²) in [7, 11) is -4.07. The SMILES string of the molecule is CCOc1ccc(N(CC(=O)N[C@@H](C)CC)S(=O)(=O)c2ccc(F)cc2)cc1. The first-order valence-electron chi connectivity index (χ1n) is 9.08. The molecule has 2 aromatic rings. The van der Waals surface area contributed by atoms with Gasteiger partial charge in [0.15, 0.2) is 0 Å². The van der Waals surface area contributed by atoms with Gasteiger partial charge in [0.2, 0.25) is 5.91 Å². The molecule has 0 aliphatic rings. The fourth-order valence-corrected chi connectivity index (χ4v) is 3.90. The Kier molecular flexibility index (Phi) is 7.39. The zero-order valence-corrected chi connectivity index (χ0v) is 17.0. The molecule has 6 nitrogen and oxygen atoms in total. The molecule has 0 saturated carbocycles. The predicted molar refractivity (Wildman–Crippen MR) is 106 cm³/mol. The largest absolute Gasteiger partial charge is 0.494 e. The van der Waals surface area contributed by atoms with Gasteiger partial charge in [-0.2, -0.15) is 0 Å². The van der Waals surface area contributed by atoms with Crippen molar-refractivity contribution in [1.29, 1.82) is 0 Å². The summed E-state index contributed by atoms with van der Waals surface area (Å²) in [6, 6.07) is 10.8. The highest BCUT2D eigenvalue weighted by molar-refractivity contribution is 7.92. The smallest absolute Gasteiger partial charge is 0.264 e. The quantitative estimate of drug-likeness (QED) is 0.691. The van der Waals surface area contributed by atoms with Gasteiger partial charge >= 0.3 is 0 Å². The van der Waals surface area contributed by atoms with Crippen molar-refractivity contribution in [1.82, 2.24) is 5.32 Å². The number of halogens is 1. The summed E-state index contributed by atoms with van der Waals surface area (Å²) in [6.07, 6.45) is 0.722. The second-order valence-electron chi connectivity index (χ2n) is 6.27. The number of benzene rings is 2. The van der Waals surface area contributed by atoms with E-state index < -0.39 is 28.3 Å². The Labute approximate surface area is 165 Å². The first kappa shape index (κ1) is 21.7. The standard InChI is InChI=1S/C20H25FN2O4S/c1-4-15(3)22-20(24)14-23(17-8-10-18(11-9-17)27-5-2)28(25,26)19-12-6-16(21)7-13-19/h6-13,15H,4-5,14H2,1-3H3,(H,22,24)/t15-/m0/s1. The molecule has 0 aromatic heterocycles. The molecule has 0 spiro atoms. The summed E-state index contributed by atoms with van der Waals surface area (Å²) in [5.41, 5.74) is 0.312. The molecule has 28 heavy (non-hydrogen) atoms. The number of sulfonamides is 1. The summed E-state index contributed by atoms with van der Waals surface area (Å²) >= 11 is 0. The summed E-state index contributed by atoms with van der Waals surface area (Å²) < 4.78 is 45.9. The van der Waals surface area contributed by atoms with Gasteiger partial charge in [-0.15, -0.1) is 0 Å². The molecule has 0 heterocycles. The number of hydrogen-bond acceptors (Lipinski definition) is 4. The first-order chi connectivity index (χ1) is 13.3. The lowest BCUT2D eigenvalue weighted by Gasteiger charge is -2.25. The van der Waals surface area contributed by atoms with Crippen molar-refractivity contribution in [2.75, 3.05) is 17.5 Å². The maximum atomic E-state index is 13.2. The fraction of sp³-hybridized carbons (Fsp3) is 0.350. The second kappa shape index (κ2) is 9.54. The van der Waals surface area contributed by atoms with Gasteiger partial charge in [-0.25, -0.2) is 12.8 Å². The van der Waals surface area contributed by atoms with Gasteiger partial charge in [-0.1, -0.05) is 6.92 Å². The van der Waals surface area contributed by atoms with Crippen molar-refractivity contribution < 1.29 is 22.3 Å². The van der Waals surface area contributed by atoms with Crippen LogP contribution in [0.3, 0.4) is 0 Å². The molecular formula is C20H25FN2O4S. The predicted octanol–water partition coefficient (Wildman–Crippen LogP) is 3.33. The topological polar surface area (TPSA) is 75.7 Å². The van der Waals surface area contributed by atoms with Crippen molar-refractivity contribution >= 4 is 21.6 Å². The molecule has 8 heteroatoms. The number of nitrogens with zero attached hydrogens (tertiary/aromatic N) is 1. The Morgan fingerprint density at radius 1 is 1.11 bits per heavy atom. The van der Waals surface area contributed by atoms with E-state index in [0.29, 0.717) is 18.0 Å². The Hall–Kier alpha value is -2.61. The van der Waals surface area contributed by atoms with E-state index in [-0.39, 0.29) is 10.9 Å². The molecule has 0 fully saturated rings. The van der Waals surface area contributed by atoms with E-state index in [2.05, 4.69) is 5.32 Å². The Bertz CT molecular complexity index is 883. The lowest BCUT2D eigenvalue weighted by molar-refractivity contribution is -0.120. The second-order valence-corrected chi connectivity index (χ2v) is 8.13. The minimum atomic E-state index is -4.07. The number of anilines is 1. The molecule has 1 amide bonds. The molecule has 0 saturated heterocycles. The third kappa shape index (κ3) is 5.45. The van der Waals surface area contributed by atoms with Crippen molar-refractivity contribution in [3.05, 3.63) is 54.3 Å². The van der Waals surface area contributed by atoms with Crippen LogP contribution < -0.4 is 14.4 Å². The van der Waals surface area contributed by atoms with Crippen molar-refractivity contribution in [2.45, 2.75) is 38.1 Å². The van der Waals surface area contributed by atoms with Crippen LogP contribution in [-0.4, -0.2) is 33.5 Å². The van der Waals surface area contributed by atoms with Gasteiger partial charge in [0.1, 0.15) is 18.1 Å². The lowest BCUT2D eigenvalue weighted by atomic mass is 10.2. The summed E-state index contributed by atoms with van der Waals surface area (Å²) in [5.74, 6) is -0.371. The molecule has 152 valence electrons. The summed E-state index contributed by atoms with van der Waals surface area (Å²) in [6.45, 7) is 5.70. The van der Waals surface area contributed by atoms with Crippen LogP contribution in [0.25, 0.3) is 0 Å². The van der Waals surface area contributed by atoms with Gasteiger partial charge in [-0.3, -0.25) is 9.10 Å². The molecule has 0 aliphatic heterocycles. The normalized spacial score (nSPS) is 12.3. The zero-order chi connectivity index (χ0) is 20.7. The average molecular weight is 408 g/mol. The van der Waals surface area contributed by atoms with Crippen LogP contribution in [0.5, 0.6) is 5.75 Å². The van der Waals surface area contributed by atoms with Crippen LogP contribution in [0, 0.1) is 5.82 Å². The number of carbonyl (C=O) groups excluding carboxylic acids is 1. The highest BCUT2D eigenvalue weighted by Crippen LogP contribution is 2.26. The number of hydrogen-bond donors (Lipinski definition) is 1. The van der Waals surface area contributed by atoms with Gasteiger partial charge in [-0.05, 0) is 68.8 Å². The van der Waals surface area contributed by atoms with Crippen LogP contribution in [0.1, 0.15) is 27.2 Å². The monoisotopic (exact) mass is 408 g/mol. The number of amides is 1. The van der Waals surface area contributed by atoms with Gasteiger partial charge in [0, 0.05) is 6.04 Å². The Morgan fingerprint density at radius 3 is 2.25 bits per heavy atom. The molecule has 1 N–H and O–H groups in total. The van der Waals surface area contributed by atoms with Gasteiger partial charge in [0.25, 0.3) is 10.0 Å². The molecule has 2 aromatic carbocycles. The maximum Gasteiger partial charge on any atom is 0.264 e. The van der Waals surface area contributed by atoms with E-state index in [9.17, 15) is 17.6 Å². The minimum absolute atomic E-state index is 0.0804. The van der Waals surface area contributed by atoms with Crippen molar-refractivity contribution in [2.24, 2.45) is 0 Å². The van der Waals surface area contributed by atoms with Crippen molar-refractivity contribution in [3.63, 3.8) is 0 Å². The van der Waals surface area contributed by atoms with E-state index >= 15 is 0 Å². The molecule has 0 unspecified atom stereocenters. The van der Waals surface area contributed by atoms with Crippen LogP contribution in [0.4, 0.5) is 10.1 Å². The van der Waals surface area contributed by atoms with Crippen LogP contribution in [0.2, 0.25) is 0 Å². The van der Waals surface area contributed by atoms with Gasteiger partial charge in [0.05, 0.1) is 17.2 Å². The molecule has 0 bridgehead atoms. The van der Waals surface area contributed by atoms with E-state index in [0.717, 1.165) is 22.9 Å². The van der Waals surface area contributed by atoms with Crippen molar-refractivity contribution in [3.8, 4) is 5.75 Å². The van der Waals surface area contributed by atoms with Crippen LogP contribution >= 0.6 is 0 Å². The first-order valence-corrected chi connectivity index (χ1v) is 10.5. The molecule has 0 radical (unpaired) electrons. The lowest BCUT2D eigenvalue weighted by Crippen LogP contribution is -2.43. The minimum Gasteiger partial charge on any atom is -0.494 e.